The van der Waals surface area contributed by atoms with Crippen LogP contribution in [0.1, 0.15) is 39.5 Å². The van der Waals surface area contributed by atoms with E-state index >= 15 is 0 Å². The van der Waals surface area contributed by atoms with Crippen LogP contribution in [0.3, 0.4) is 0 Å². The molecule has 0 aromatic rings. The highest BCUT2D eigenvalue weighted by Crippen LogP contribution is 2.28. The smallest absolute Gasteiger partial charge is 0.106 e. The van der Waals surface area contributed by atoms with Crippen molar-refractivity contribution in [3.05, 3.63) is 0 Å². The van der Waals surface area contributed by atoms with Gasteiger partial charge in [-0.15, -0.1) is 0 Å². The zero-order chi connectivity index (χ0) is 9.68. The van der Waals surface area contributed by atoms with Gasteiger partial charge in [0.2, 0.25) is 0 Å². The Morgan fingerprint density at radius 3 is 2.23 bits per heavy atom. The van der Waals surface area contributed by atoms with Gasteiger partial charge in [-0.1, -0.05) is 26.7 Å². The standard InChI is InChI=1S/C11H22FN/c1-3-9(4-2)11(12)10-5-7-13-8-6-10/h9-11,13H,3-8H2,1-2H3. The molecule has 1 rings (SSSR count). The number of hydrogen-bond donors (Lipinski definition) is 1. The highest BCUT2D eigenvalue weighted by atomic mass is 19.1. The van der Waals surface area contributed by atoms with E-state index in [4.69, 9.17) is 0 Å². The molecule has 1 N–H and O–H groups in total. The fraction of sp³-hybridized carbons (Fsp3) is 1.00. The first-order valence-corrected chi connectivity index (χ1v) is 5.64. The fourth-order valence-electron chi connectivity index (χ4n) is 2.29. The molecule has 0 spiro atoms. The minimum absolute atomic E-state index is 0.295. The predicted octanol–water partition coefficient (Wildman–Crippen LogP) is 2.76. The van der Waals surface area contributed by atoms with Crippen LogP contribution in [0.5, 0.6) is 0 Å². The summed E-state index contributed by atoms with van der Waals surface area (Å²) < 4.78 is 13.9. The molecule has 1 heterocycles. The minimum Gasteiger partial charge on any atom is -0.317 e. The summed E-state index contributed by atoms with van der Waals surface area (Å²) in [6.07, 6.45) is 3.47. The molecule has 0 amide bonds. The van der Waals surface area contributed by atoms with Crippen molar-refractivity contribution >= 4 is 0 Å². The van der Waals surface area contributed by atoms with E-state index in [0.29, 0.717) is 11.8 Å². The second kappa shape index (κ2) is 5.58. The molecule has 0 radical (unpaired) electrons. The van der Waals surface area contributed by atoms with Crippen LogP contribution in [0.2, 0.25) is 0 Å². The van der Waals surface area contributed by atoms with Crippen LogP contribution >= 0.6 is 0 Å². The molecule has 1 atom stereocenters. The average Bonchev–Trinajstić information content (AvgIpc) is 2.21. The number of piperidine rings is 1. The lowest BCUT2D eigenvalue weighted by Crippen LogP contribution is -2.35. The first-order chi connectivity index (χ1) is 6.29. The quantitative estimate of drug-likeness (QED) is 0.713. The van der Waals surface area contributed by atoms with Gasteiger partial charge in [0.1, 0.15) is 6.17 Å². The van der Waals surface area contributed by atoms with Gasteiger partial charge in [0.05, 0.1) is 0 Å². The lowest BCUT2D eigenvalue weighted by atomic mass is 9.83. The van der Waals surface area contributed by atoms with E-state index in [-0.39, 0.29) is 0 Å². The number of rotatable bonds is 4. The van der Waals surface area contributed by atoms with Crippen molar-refractivity contribution < 1.29 is 4.39 Å². The molecule has 1 unspecified atom stereocenters. The van der Waals surface area contributed by atoms with Crippen molar-refractivity contribution in [3.63, 3.8) is 0 Å². The molecule has 1 aliphatic heterocycles. The van der Waals surface area contributed by atoms with Gasteiger partial charge in [-0.3, -0.25) is 0 Å². The molecule has 0 saturated carbocycles. The molecule has 78 valence electrons. The molecule has 2 heteroatoms. The second-order valence-corrected chi connectivity index (χ2v) is 4.11. The molecule has 1 nitrogen and oxygen atoms in total. The fourth-order valence-corrected chi connectivity index (χ4v) is 2.29. The molecule has 0 aromatic heterocycles. The van der Waals surface area contributed by atoms with Gasteiger partial charge in [0.15, 0.2) is 0 Å². The third kappa shape index (κ3) is 2.94. The predicted molar refractivity (Wildman–Crippen MR) is 54.6 cm³/mol. The maximum absolute atomic E-state index is 13.9. The Kier molecular flexibility index (Phi) is 4.71. The van der Waals surface area contributed by atoms with Gasteiger partial charge in [0, 0.05) is 0 Å². The molecular weight excluding hydrogens is 165 g/mol. The summed E-state index contributed by atoms with van der Waals surface area (Å²) in [5.74, 6) is 0.620. The summed E-state index contributed by atoms with van der Waals surface area (Å²) in [5, 5.41) is 3.28. The summed E-state index contributed by atoms with van der Waals surface area (Å²) in [5.41, 5.74) is 0. The van der Waals surface area contributed by atoms with Crippen LogP contribution in [0.15, 0.2) is 0 Å². The van der Waals surface area contributed by atoms with E-state index in [1.165, 1.54) is 0 Å². The second-order valence-electron chi connectivity index (χ2n) is 4.11. The summed E-state index contributed by atoms with van der Waals surface area (Å²) in [6.45, 7) is 6.21. The SMILES string of the molecule is CCC(CC)C(F)C1CCNCC1. The van der Waals surface area contributed by atoms with E-state index < -0.39 is 6.17 Å². The van der Waals surface area contributed by atoms with Crippen LogP contribution < -0.4 is 5.32 Å². The van der Waals surface area contributed by atoms with Crippen molar-refractivity contribution in [1.82, 2.24) is 5.32 Å². The van der Waals surface area contributed by atoms with Gasteiger partial charge in [-0.25, -0.2) is 4.39 Å². The lowest BCUT2D eigenvalue weighted by molar-refractivity contribution is 0.118. The highest BCUT2D eigenvalue weighted by molar-refractivity contribution is 4.79. The van der Waals surface area contributed by atoms with Gasteiger partial charge in [-0.05, 0) is 37.8 Å². The molecule has 1 aliphatic rings. The van der Waals surface area contributed by atoms with E-state index in [9.17, 15) is 4.39 Å². The van der Waals surface area contributed by atoms with Crippen molar-refractivity contribution in [2.24, 2.45) is 11.8 Å². The van der Waals surface area contributed by atoms with Crippen molar-refractivity contribution in [3.8, 4) is 0 Å². The minimum atomic E-state index is -0.558. The van der Waals surface area contributed by atoms with E-state index in [1.54, 1.807) is 0 Å². The van der Waals surface area contributed by atoms with Crippen LogP contribution in [-0.2, 0) is 0 Å². The van der Waals surface area contributed by atoms with Crippen LogP contribution in [0, 0.1) is 11.8 Å². The van der Waals surface area contributed by atoms with Gasteiger partial charge in [-0.2, -0.15) is 0 Å². The number of halogens is 1. The van der Waals surface area contributed by atoms with Gasteiger partial charge in [0.25, 0.3) is 0 Å². The van der Waals surface area contributed by atoms with Crippen LogP contribution in [0.25, 0.3) is 0 Å². The van der Waals surface area contributed by atoms with E-state index in [0.717, 1.165) is 38.8 Å². The highest BCUT2D eigenvalue weighted by Gasteiger charge is 2.28. The van der Waals surface area contributed by atoms with Crippen molar-refractivity contribution in [2.45, 2.75) is 45.7 Å². The Hall–Kier alpha value is -0.110. The van der Waals surface area contributed by atoms with Crippen LogP contribution in [0.4, 0.5) is 4.39 Å². The zero-order valence-corrected chi connectivity index (χ0v) is 8.85. The molecule has 0 aliphatic carbocycles. The Morgan fingerprint density at radius 1 is 1.23 bits per heavy atom. The summed E-state index contributed by atoms with van der Waals surface area (Å²) in [7, 11) is 0. The maximum Gasteiger partial charge on any atom is 0.106 e. The molecule has 0 aromatic carbocycles. The van der Waals surface area contributed by atoms with E-state index in [2.05, 4.69) is 19.2 Å². The molecule has 0 bridgehead atoms. The van der Waals surface area contributed by atoms with Crippen molar-refractivity contribution in [1.29, 1.82) is 0 Å². The Morgan fingerprint density at radius 2 is 1.77 bits per heavy atom. The lowest BCUT2D eigenvalue weighted by Gasteiger charge is -2.30. The number of alkyl halides is 1. The Labute approximate surface area is 81.1 Å². The van der Waals surface area contributed by atoms with Crippen LogP contribution in [-0.4, -0.2) is 19.3 Å². The first kappa shape index (κ1) is 11.0. The number of nitrogens with one attached hydrogen (secondary N) is 1. The monoisotopic (exact) mass is 187 g/mol. The summed E-state index contributed by atoms with van der Waals surface area (Å²) in [6, 6.07) is 0. The topological polar surface area (TPSA) is 12.0 Å². The summed E-state index contributed by atoms with van der Waals surface area (Å²) >= 11 is 0. The Bertz CT molecular complexity index is 128. The molecule has 13 heavy (non-hydrogen) atoms. The van der Waals surface area contributed by atoms with Crippen molar-refractivity contribution in [2.75, 3.05) is 13.1 Å². The largest absolute Gasteiger partial charge is 0.317 e. The maximum atomic E-state index is 13.9. The average molecular weight is 187 g/mol. The normalized spacial score (nSPS) is 22.2. The number of hydrogen-bond acceptors (Lipinski definition) is 1. The van der Waals surface area contributed by atoms with Gasteiger partial charge < -0.3 is 5.32 Å². The molecule has 1 saturated heterocycles. The van der Waals surface area contributed by atoms with E-state index in [1.807, 2.05) is 0 Å². The zero-order valence-electron chi connectivity index (χ0n) is 8.85. The molecular formula is C11H22FN. The summed E-state index contributed by atoms with van der Waals surface area (Å²) in [4.78, 5) is 0. The Balaban J connectivity index is 2.38. The third-order valence-electron chi connectivity index (χ3n) is 3.33. The van der Waals surface area contributed by atoms with Gasteiger partial charge >= 0.3 is 0 Å². The third-order valence-corrected chi connectivity index (χ3v) is 3.33. The molecule has 1 fully saturated rings. The first-order valence-electron chi connectivity index (χ1n) is 5.64.